The summed E-state index contributed by atoms with van der Waals surface area (Å²) in [5.41, 5.74) is 1.11. The van der Waals surface area contributed by atoms with Crippen LogP contribution in [0, 0.1) is 0 Å². The number of aryl methyl sites for hydroxylation is 1. The van der Waals surface area contributed by atoms with Gasteiger partial charge in [-0.1, -0.05) is 19.3 Å². The third-order valence-corrected chi connectivity index (χ3v) is 3.69. The van der Waals surface area contributed by atoms with Gasteiger partial charge in [-0.2, -0.15) is 5.10 Å². The van der Waals surface area contributed by atoms with Crippen molar-refractivity contribution in [2.45, 2.75) is 50.9 Å². The van der Waals surface area contributed by atoms with Crippen LogP contribution in [0.25, 0.3) is 0 Å². The first-order valence-corrected chi connectivity index (χ1v) is 7.23. The molecule has 0 radical (unpaired) electrons. The molecule has 0 bridgehead atoms. The van der Waals surface area contributed by atoms with E-state index in [2.05, 4.69) is 10.4 Å². The highest BCUT2D eigenvalue weighted by Crippen LogP contribution is 2.20. The molecule has 5 heteroatoms. The maximum atomic E-state index is 9.87. The number of rotatable bonds is 7. The summed E-state index contributed by atoms with van der Waals surface area (Å²) >= 11 is 0. The molecule has 1 aromatic heterocycles. The summed E-state index contributed by atoms with van der Waals surface area (Å²) in [6.07, 6.45) is 7.85. The van der Waals surface area contributed by atoms with Crippen LogP contribution >= 0.6 is 0 Å². The van der Waals surface area contributed by atoms with Gasteiger partial charge in [0.1, 0.15) is 0 Å². The molecule has 0 aliphatic heterocycles. The van der Waals surface area contributed by atoms with Gasteiger partial charge in [-0.25, -0.2) is 0 Å². The molecule has 1 aliphatic rings. The van der Waals surface area contributed by atoms with Crippen LogP contribution in [0.5, 0.6) is 0 Å². The van der Waals surface area contributed by atoms with Crippen LogP contribution in [0.2, 0.25) is 0 Å². The fourth-order valence-electron chi connectivity index (χ4n) is 2.48. The van der Waals surface area contributed by atoms with Crippen LogP contribution in [0.1, 0.15) is 37.8 Å². The fourth-order valence-corrected chi connectivity index (χ4v) is 2.48. The van der Waals surface area contributed by atoms with E-state index in [-0.39, 0.29) is 0 Å². The van der Waals surface area contributed by atoms with E-state index in [0.717, 1.165) is 25.1 Å². The van der Waals surface area contributed by atoms with Crippen molar-refractivity contribution in [3.8, 4) is 0 Å². The highest BCUT2D eigenvalue weighted by Gasteiger charge is 2.15. The molecule has 19 heavy (non-hydrogen) atoms. The average molecular weight is 267 g/mol. The lowest BCUT2D eigenvalue weighted by Gasteiger charge is -2.23. The van der Waals surface area contributed by atoms with E-state index in [1.165, 1.54) is 19.3 Å². The Kier molecular flexibility index (Phi) is 5.82. The van der Waals surface area contributed by atoms with Crippen LogP contribution in [-0.4, -0.2) is 40.2 Å². The first-order chi connectivity index (χ1) is 9.25. The molecule has 108 valence electrons. The molecule has 1 aliphatic carbocycles. The number of ether oxygens (including phenoxy) is 1. The van der Waals surface area contributed by atoms with Crippen molar-refractivity contribution >= 4 is 0 Å². The lowest BCUT2D eigenvalue weighted by Crippen LogP contribution is -2.32. The molecule has 5 nitrogen and oxygen atoms in total. The van der Waals surface area contributed by atoms with Gasteiger partial charge >= 0.3 is 0 Å². The predicted octanol–water partition coefficient (Wildman–Crippen LogP) is 1.22. The van der Waals surface area contributed by atoms with Crippen molar-refractivity contribution in [1.82, 2.24) is 15.1 Å². The van der Waals surface area contributed by atoms with E-state index in [4.69, 9.17) is 4.74 Å². The Morgan fingerprint density at radius 3 is 2.95 bits per heavy atom. The van der Waals surface area contributed by atoms with Gasteiger partial charge in [0, 0.05) is 26.3 Å². The van der Waals surface area contributed by atoms with Gasteiger partial charge in [0.25, 0.3) is 0 Å². The number of hydrogen-bond acceptors (Lipinski definition) is 4. The van der Waals surface area contributed by atoms with Gasteiger partial charge < -0.3 is 15.2 Å². The summed E-state index contributed by atoms with van der Waals surface area (Å²) in [6, 6.07) is 1.97. The van der Waals surface area contributed by atoms with Gasteiger partial charge in [-0.15, -0.1) is 0 Å². The van der Waals surface area contributed by atoms with Crippen molar-refractivity contribution < 1.29 is 9.84 Å². The van der Waals surface area contributed by atoms with Crippen LogP contribution in [-0.2, 0) is 18.3 Å². The number of aromatic nitrogens is 2. The van der Waals surface area contributed by atoms with Crippen molar-refractivity contribution in [3.63, 3.8) is 0 Å². The van der Waals surface area contributed by atoms with Crippen molar-refractivity contribution in [2.24, 2.45) is 7.05 Å². The summed E-state index contributed by atoms with van der Waals surface area (Å²) in [7, 11) is 1.92. The molecule has 1 aromatic rings. The Balaban J connectivity index is 1.56. The quantitative estimate of drug-likeness (QED) is 0.780. The molecular weight excluding hydrogens is 242 g/mol. The zero-order chi connectivity index (χ0) is 13.5. The first kappa shape index (κ1) is 14.5. The predicted molar refractivity (Wildman–Crippen MR) is 73.7 cm³/mol. The lowest BCUT2D eigenvalue weighted by atomic mass is 9.98. The van der Waals surface area contributed by atoms with E-state index in [1.54, 1.807) is 6.20 Å². The van der Waals surface area contributed by atoms with Crippen molar-refractivity contribution in [1.29, 1.82) is 0 Å². The average Bonchev–Trinajstić information content (AvgIpc) is 2.83. The Bertz CT molecular complexity index is 361. The van der Waals surface area contributed by atoms with Crippen LogP contribution in [0.15, 0.2) is 12.3 Å². The van der Waals surface area contributed by atoms with Gasteiger partial charge in [-0.3, -0.25) is 4.68 Å². The molecule has 1 fully saturated rings. The maximum absolute atomic E-state index is 9.87. The van der Waals surface area contributed by atoms with E-state index in [9.17, 15) is 5.11 Å². The fraction of sp³-hybridized carbons (Fsp3) is 0.786. The summed E-state index contributed by atoms with van der Waals surface area (Å²) < 4.78 is 7.58. The Labute approximate surface area is 115 Å². The number of nitrogens with zero attached hydrogens (tertiary/aromatic N) is 2. The standard InChI is InChI=1S/C14H25N3O2/c1-17-12(7-8-16-17)9-15-10-13(18)11-19-14-5-3-2-4-6-14/h7-8,13-15,18H,2-6,9-11H2,1H3. The summed E-state index contributed by atoms with van der Waals surface area (Å²) in [5, 5.41) is 17.2. The van der Waals surface area contributed by atoms with Crippen molar-refractivity contribution in [3.05, 3.63) is 18.0 Å². The van der Waals surface area contributed by atoms with Crippen LogP contribution < -0.4 is 5.32 Å². The highest BCUT2D eigenvalue weighted by atomic mass is 16.5. The highest BCUT2D eigenvalue weighted by molar-refractivity contribution is 4.99. The molecule has 1 heterocycles. The number of hydrogen-bond donors (Lipinski definition) is 2. The third kappa shape index (κ3) is 4.93. The van der Waals surface area contributed by atoms with E-state index >= 15 is 0 Å². The number of aliphatic hydroxyl groups is 1. The minimum absolute atomic E-state index is 0.362. The SMILES string of the molecule is Cn1nccc1CNCC(O)COC1CCCCC1. The molecule has 0 amide bonds. The summed E-state index contributed by atoms with van der Waals surface area (Å²) in [5.74, 6) is 0. The molecule has 2 rings (SSSR count). The Morgan fingerprint density at radius 1 is 1.47 bits per heavy atom. The van der Waals surface area contributed by atoms with Gasteiger partial charge in [-0.05, 0) is 18.9 Å². The van der Waals surface area contributed by atoms with E-state index in [1.807, 2.05) is 17.8 Å². The molecule has 0 spiro atoms. The number of aliphatic hydroxyl groups excluding tert-OH is 1. The summed E-state index contributed by atoms with van der Waals surface area (Å²) in [4.78, 5) is 0. The molecule has 0 saturated heterocycles. The Hall–Kier alpha value is -0.910. The monoisotopic (exact) mass is 267 g/mol. The molecule has 1 unspecified atom stereocenters. The zero-order valence-electron chi connectivity index (χ0n) is 11.7. The smallest absolute Gasteiger partial charge is 0.0897 e. The second kappa shape index (κ2) is 7.62. The van der Waals surface area contributed by atoms with Gasteiger partial charge in [0.2, 0.25) is 0 Å². The van der Waals surface area contributed by atoms with Crippen LogP contribution in [0.4, 0.5) is 0 Å². The second-order valence-electron chi connectivity index (χ2n) is 5.32. The number of nitrogens with one attached hydrogen (secondary N) is 1. The van der Waals surface area contributed by atoms with Crippen LogP contribution in [0.3, 0.4) is 0 Å². The Morgan fingerprint density at radius 2 is 2.26 bits per heavy atom. The second-order valence-corrected chi connectivity index (χ2v) is 5.32. The molecule has 1 atom stereocenters. The normalized spacial score (nSPS) is 18.6. The topological polar surface area (TPSA) is 59.3 Å². The third-order valence-electron chi connectivity index (χ3n) is 3.69. The largest absolute Gasteiger partial charge is 0.389 e. The zero-order valence-corrected chi connectivity index (χ0v) is 11.7. The lowest BCUT2D eigenvalue weighted by molar-refractivity contribution is -0.0230. The summed E-state index contributed by atoms with van der Waals surface area (Å²) in [6.45, 7) is 1.71. The van der Waals surface area contributed by atoms with E-state index < -0.39 is 6.10 Å². The molecule has 2 N–H and O–H groups in total. The minimum atomic E-state index is -0.435. The molecule has 0 aromatic carbocycles. The molecular formula is C14H25N3O2. The molecule has 1 saturated carbocycles. The van der Waals surface area contributed by atoms with Gasteiger partial charge in [0.05, 0.1) is 24.5 Å². The van der Waals surface area contributed by atoms with Crippen molar-refractivity contribution in [2.75, 3.05) is 13.2 Å². The van der Waals surface area contributed by atoms with E-state index in [0.29, 0.717) is 19.3 Å². The maximum Gasteiger partial charge on any atom is 0.0897 e. The first-order valence-electron chi connectivity index (χ1n) is 7.23. The minimum Gasteiger partial charge on any atom is -0.389 e. The van der Waals surface area contributed by atoms with Gasteiger partial charge in [0.15, 0.2) is 0 Å².